The Morgan fingerprint density at radius 3 is 2.80 bits per heavy atom. The molecule has 0 aliphatic rings. The van der Waals surface area contributed by atoms with Crippen LogP contribution in [0.4, 0.5) is 8.78 Å². The summed E-state index contributed by atoms with van der Waals surface area (Å²) in [5.74, 6) is -0.434. The molecule has 0 aromatic heterocycles. The van der Waals surface area contributed by atoms with Gasteiger partial charge in [-0.3, -0.25) is 4.39 Å². The molecule has 0 unspecified atom stereocenters. The van der Waals surface area contributed by atoms with Gasteiger partial charge in [0.25, 0.3) is 0 Å². The largest absolute Gasteiger partial charge is 0.251 e. The van der Waals surface area contributed by atoms with E-state index in [1.165, 1.54) is 12.2 Å². The van der Waals surface area contributed by atoms with E-state index in [0.29, 0.717) is 0 Å². The van der Waals surface area contributed by atoms with Crippen molar-refractivity contribution >= 4 is 0 Å². The Morgan fingerprint density at radius 1 is 1.60 bits per heavy atom. The Labute approximate surface area is 59.6 Å². The van der Waals surface area contributed by atoms with Gasteiger partial charge in [-0.1, -0.05) is 0 Å². The van der Waals surface area contributed by atoms with Crippen LogP contribution in [0.25, 0.3) is 0 Å². The van der Waals surface area contributed by atoms with Gasteiger partial charge in [-0.05, 0) is 25.5 Å². The van der Waals surface area contributed by atoms with E-state index < -0.39 is 12.5 Å². The molecule has 0 saturated carbocycles. The summed E-state index contributed by atoms with van der Waals surface area (Å²) in [5.41, 5.74) is 2.54. The molecule has 10 heavy (non-hydrogen) atoms. The van der Waals surface area contributed by atoms with Gasteiger partial charge in [0.1, 0.15) is 5.83 Å². The molecule has 0 aromatic carbocycles. The molecule has 0 N–H and O–H groups in total. The summed E-state index contributed by atoms with van der Waals surface area (Å²) in [6.07, 6.45) is 4.09. The standard InChI is InChI=1S/C8H10F2/c1-2-3-5-8(10)6-4-7-9/h2,5-6H,4,7H2,1H3. The van der Waals surface area contributed by atoms with Gasteiger partial charge in [0, 0.05) is 6.08 Å². The molecule has 0 heterocycles. The number of halogens is 2. The molecular weight excluding hydrogens is 134 g/mol. The molecule has 0 fully saturated rings. The van der Waals surface area contributed by atoms with Crippen molar-refractivity contribution in [2.75, 3.05) is 6.67 Å². The van der Waals surface area contributed by atoms with Gasteiger partial charge in [-0.15, -0.1) is 5.73 Å². The smallest absolute Gasteiger partial charge is 0.126 e. The highest BCUT2D eigenvalue weighted by Gasteiger charge is 1.84. The zero-order chi connectivity index (χ0) is 7.82. The quantitative estimate of drug-likeness (QED) is 0.422. The number of hydrogen-bond acceptors (Lipinski definition) is 0. The summed E-state index contributed by atoms with van der Waals surface area (Å²) in [4.78, 5) is 0. The van der Waals surface area contributed by atoms with Gasteiger partial charge in [-0.2, -0.15) is 0 Å². The van der Waals surface area contributed by atoms with Crippen molar-refractivity contribution in [3.05, 3.63) is 29.8 Å². The maximum absolute atomic E-state index is 12.3. The van der Waals surface area contributed by atoms with Crippen molar-refractivity contribution in [2.24, 2.45) is 0 Å². The van der Waals surface area contributed by atoms with Crippen LogP contribution in [-0.2, 0) is 0 Å². The van der Waals surface area contributed by atoms with Gasteiger partial charge in [-0.25, -0.2) is 4.39 Å². The maximum Gasteiger partial charge on any atom is 0.126 e. The first kappa shape index (κ1) is 9.12. The molecule has 0 spiro atoms. The second-order valence-corrected chi connectivity index (χ2v) is 1.67. The van der Waals surface area contributed by atoms with E-state index in [1.807, 2.05) is 0 Å². The third-order valence-electron chi connectivity index (χ3n) is 0.836. The summed E-state index contributed by atoms with van der Waals surface area (Å²) >= 11 is 0. The number of alkyl halides is 1. The lowest BCUT2D eigenvalue weighted by Gasteiger charge is -1.82. The molecule has 56 valence electrons. The van der Waals surface area contributed by atoms with E-state index in [-0.39, 0.29) is 6.42 Å². The van der Waals surface area contributed by atoms with Crippen molar-refractivity contribution in [1.82, 2.24) is 0 Å². The minimum absolute atomic E-state index is 0.133. The minimum Gasteiger partial charge on any atom is -0.251 e. The Kier molecular flexibility index (Phi) is 5.69. The van der Waals surface area contributed by atoms with Crippen LogP contribution in [0, 0.1) is 0 Å². The number of allylic oxidation sites excluding steroid dienone is 3. The lowest BCUT2D eigenvalue weighted by molar-refractivity contribution is 0.497. The highest BCUT2D eigenvalue weighted by atomic mass is 19.1. The predicted molar refractivity (Wildman–Crippen MR) is 38.1 cm³/mol. The van der Waals surface area contributed by atoms with Crippen molar-refractivity contribution < 1.29 is 8.78 Å². The summed E-state index contributed by atoms with van der Waals surface area (Å²) in [6.45, 7) is 1.22. The first-order chi connectivity index (χ1) is 4.81. The first-order valence-corrected chi connectivity index (χ1v) is 3.10. The molecule has 0 amide bonds. The third-order valence-corrected chi connectivity index (χ3v) is 0.836. The van der Waals surface area contributed by atoms with E-state index >= 15 is 0 Å². The van der Waals surface area contributed by atoms with Crippen molar-refractivity contribution in [3.8, 4) is 0 Å². The van der Waals surface area contributed by atoms with Crippen molar-refractivity contribution in [1.29, 1.82) is 0 Å². The monoisotopic (exact) mass is 144 g/mol. The van der Waals surface area contributed by atoms with Crippen LogP contribution in [0.1, 0.15) is 13.3 Å². The average Bonchev–Trinajstić information content (AvgIpc) is 1.97. The fourth-order valence-corrected chi connectivity index (χ4v) is 0.414. The van der Waals surface area contributed by atoms with E-state index in [0.717, 1.165) is 0 Å². The fourth-order valence-electron chi connectivity index (χ4n) is 0.414. The van der Waals surface area contributed by atoms with Gasteiger partial charge in [0.15, 0.2) is 0 Å². The van der Waals surface area contributed by atoms with Crippen LogP contribution in [0.15, 0.2) is 29.8 Å². The van der Waals surface area contributed by atoms with Crippen LogP contribution in [-0.4, -0.2) is 6.67 Å². The SMILES string of the molecule is CC=C=CC(F)=CCCF. The average molecular weight is 144 g/mol. The molecule has 0 nitrogen and oxygen atoms in total. The molecule has 2 heteroatoms. The molecule has 0 aromatic rings. The summed E-state index contributed by atoms with van der Waals surface area (Å²) in [7, 11) is 0. The van der Waals surface area contributed by atoms with Crippen molar-refractivity contribution in [3.63, 3.8) is 0 Å². The lowest BCUT2D eigenvalue weighted by atomic mass is 10.4. The Morgan fingerprint density at radius 2 is 2.30 bits per heavy atom. The summed E-state index contributed by atoms with van der Waals surface area (Å²) in [6, 6.07) is 0. The third kappa shape index (κ3) is 5.26. The molecule has 0 saturated heterocycles. The van der Waals surface area contributed by atoms with Gasteiger partial charge < -0.3 is 0 Å². The number of rotatable bonds is 3. The van der Waals surface area contributed by atoms with Gasteiger partial charge in [0.2, 0.25) is 0 Å². The molecule has 0 aliphatic carbocycles. The highest BCUT2D eigenvalue weighted by Crippen LogP contribution is 1.99. The second kappa shape index (κ2) is 6.24. The maximum atomic E-state index is 12.3. The van der Waals surface area contributed by atoms with E-state index in [2.05, 4.69) is 5.73 Å². The van der Waals surface area contributed by atoms with Crippen LogP contribution in [0.2, 0.25) is 0 Å². The van der Waals surface area contributed by atoms with Gasteiger partial charge in [0.05, 0.1) is 6.67 Å². The van der Waals surface area contributed by atoms with Crippen LogP contribution in [0.3, 0.4) is 0 Å². The molecular formula is C8H10F2. The van der Waals surface area contributed by atoms with Crippen LogP contribution >= 0.6 is 0 Å². The molecule has 0 atom stereocenters. The Hall–Kier alpha value is -0.880. The molecule has 0 bridgehead atoms. The Balaban J connectivity index is 3.82. The van der Waals surface area contributed by atoms with Crippen LogP contribution in [0.5, 0.6) is 0 Å². The van der Waals surface area contributed by atoms with Crippen LogP contribution < -0.4 is 0 Å². The van der Waals surface area contributed by atoms with E-state index in [9.17, 15) is 8.78 Å². The molecule has 0 rings (SSSR count). The zero-order valence-corrected chi connectivity index (χ0v) is 5.90. The predicted octanol–water partition coefficient (Wildman–Crippen LogP) is 2.93. The first-order valence-electron chi connectivity index (χ1n) is 3.10. The van der Waals surface area contributed by atoms with Gasteiger partial charge >= 0.3 is 0 Å². The van der Waals surface area contributed by atoms with E-state index in [4.69, 9.17) is 0 Å². The molecule has 0 aliphatic heterocycles. The minimum atomic E-state index is -0.517. The lowest BCUT2D eigenvalue weighted by Crippen LogP contribution is -1.70. The van der Waals surface area contributed by atoms with E-state index in [1.54, 1.807) is 13.0 Å². The van der Waals surface area contributed by atoms with Crippen molar-refractivity contribution in [2.45, 2.75) is 13.3 Å². The summed E-state index contributed by atoms with van der Waals surface area (Å²) in [5, 5.41) is 0. The Bertz CT molecular complexity index is 162. The molecule has 0 radical (unpaired) electrons. The normalized spacial score (nSPS) is 10.5. The highest BCUT2D eigenvalue weighted by molar-refractivity contribution is 5.09. The summed E-state index contributed by atoms with van der Waals surface area (Å²) < 4.78 is 23.8. The second-order valence-electron chi connectivity index (χ2n) is 1.67. The number of hydrogen-bond donors (Lipinski definition) is 0. The topological polar surface area (TPSA) is 0 Å². The fraction of sp³-hybridized carbons (Fsp3) is 0.375. The zero-order valence-electron chi connectivity index (χ0n) is 5.90.